The van der Waals surface area contributed by atoms with E-state index < -0.39 is 0 Å². The summed E-state index contributed by atoms with van der Waals surface area (Å²) in [5.74, 6) is -0.200. The molecule has 0 atom stereocenters. The van der Waals surface area contributed by atoms with Crippen LogP contribution in [0.15, 0.2) is 42.5 Å². The molecule has 0 aliphatic rings. The van der Waals surface area contributed by atoms with Gasteiger partial charge >= 0.3 is 0 Å². The lowest BCUT2D eigenvalue weighted by Gasteiger charge is -2.04. The van der Waals surface area contributed by atoms with Gasteiger partial charge in [0.1, 0.15) is 0 Å². The number of aromatic hydroxyl groups is 2. The third kappa shape index (κ3) is 2.47. The van der Waals surface area contributed by atoms with Crippen LogP contribution in [-0.4, -0.2) is 10.2 Å². The molecule has 2 N–H and O–H groups in total. The third-order valence-electron chi connectivity index (χ3n) is 2.34. The summed E-state index contributed by atoms with van der Waals surface area (Å²) in [6, 6.07) is 12.4. The molecule has 0 radical (unpaired) electrons. The molecule has 0 fully saturated rings. The Hall–Kier alpha value is -1.67. The standard InChI is InChI=1S/C13H11ClO2/c14-11-3-1-2-9(7-11)6-10-4-5-12(15)13(16)8-10/h1-5,7-8,15-16H,6H2. The van der Waals surface area contributed by atoms with Gasteiger partial charge in [-0.1, -0.05) is 29.8 Å². The molecular weight excluding hydrogens is 224 g/mol. The molecule has 0 heterocycles. The largest absolute Gasteiger partial charge is 0.504 e. The minimum atomic E-state index is -0.102. The van der Waals surface area contributed by atoms with Gasteiger partial charge in [0.15, 0.2) is 11.5 Å². The molecule has 0 aromatic heterocycles. The number of phenolic OH excluding ortho intramolecular Hbond substituents is 2. The van der Waals surface area contributed by atoms with Crippen LogP contribution in [0.2, 0.25) is 5.02 Å². The average molecular weight is 235 g/mol. The third-order valence-corrected chi connectivity index (χ3v) is 2.57. The van der Waals surface area contributed by atoms with Crippen molar-refractivity contribution < 1.29 is 10.2 Å². The number of hydrogen-bond donors (Lipinski definition) is 2. The predicted molar refractivity (Wildman–Crippen MR) is 64.0 cm³/mol. The molecule has 0 saturated heterocycles. The molecule has 2 rings (SSSR count). The molecule has 0 aliphatic heterocycles. The van der Waals surface area contributed by atoms with Crippen LogP contribution in [0.1, 0.15) is 11.1 Å². The van der Waals surface area contributed by atoms with Crippen molar-refractivity contribution in [3.05, 3.63) is 58.6 Å². The first-order valence-corrected chi connectivity index (χ1v) is 5.28. The number of rotatable bonds is 2. The topological polar surface area (TPSA) is 40.5 Å². The zero-order valence-corrected chi connectivity index (χ0v) is 9.28. The highest BCUT2D eigenvalue weighted by Crippen LogP contribution is 2.26. The van der Waals surface area contributed by atoms with E-state index in [9.17, 15) is 10.2 Å². The van der Waals surface area contributed by atoms with Crippen LogP contribution in [0.3, 0.4) is 0 Å². The summed E-state index contributed by atoms with van der Waals surface area (Å²) in [4.78, 5) is 0. The van der Waals surface area contributed by atoms with Crippen molar-refractivity contribution in [1.29, 1.82) is 0 Å². The second-order valence-corrected chi connectivity index (χ2v) is 4.07. The van der Waals surface area contributed by atoms with E-state index in [4.69, 9.17) is 11.6 Å². The number of hydrogen-bond acceptors (Lipinski definition) is 2. The van der Waals surface area contributed by atoms with Crippen molar-refractivity contribution in [3.63, 3.8) is 0 Å². The molecule has 82 valence electrons. The SMILES string of the molecule is Oc1ccc(Cc2cccc(Cl)c2)cc1O. The van der Waals surface area contributed by atoms with Gasteiger partial charge in [-0.3, -0.25) is 0 Å². The van der Waals surface area contributed by atoms with E-state index in [1.165, 1.54) is 6.07 Å². The number of phenols is 2. The lowest BCUT2D eigenvalue weighted by Crippen LogP contribution is -1.87. The zero-order chi connectivity index (χ0) is 11.5. The quantitative estimate of drug-likeness (QED) is 0.783. The molecule has 0 saturated carbocycles. The van der Waals surface area contributed by atoms with Crippen molar-refractivity contribution >= 4 is 11.6 Å². The van der Waals surface area contributed by atoms with Gasteiger partial charge in [-0.2, -0.15) is 0 Å². The fourth-order valence-corrected chi connectivity index (χ4v) is 1.77. The Labute approximate surface area is 98.7 Å². The van der Waals surface area contributed by atoms with Gasteiger partial charge in [-0.05, 0) is 41.8 Å². The summed E-state index contributed by atoms with van der Waals surface area (Å²) in [5, 5.41) is 19.2. The summed E-state index contributed by atoms with van der Waals surface area (Å²) < 4.78 is 0. The van der Waals surface area contributed by atoms with E-state index in [1.54, 1.807) is 12.1 Å². The highest BCUT2D eigenvalue weighted by Gasteiger charge is 2.02. The van der Waals surface area contributed by atoms with Crippen molar-refractivity contribution in [1.82, 2.24) is 0 Å². The fraction of sp³-hybridized carbons (Fsp3) is 0.0769. The van der Waals surface area contributed by atoms with E-state index in [2.05, 4.69) is 0 Å². The molecule has 16 heavy (non-hydrogen) atoms. The summed E-state index contributed by atoms with van der Waals surface area (Å²) in [6.45, 7) is 0. The van der Waals surface area contributed by atoms with Crippen LogP contribution in [0.25, 0.3) is 0 Å². The molecule has 0 aliphatic carbocycles. The van der Waals surface area contributed by atoms with Crippen molar-refractivity contribution in [3.8, 4) is 11.5 Å². The van der Waals surface area contributed by atoms with Crippen LogP contribution in [0, 0.1) is 0 Å². The maximum Gasteiger partial charge on any atom is 0.157 e. The Kier molecular flexibility index (Phi) is 3.02. The second kappa shape index (κ2) is 4.45. The molecule has 3 heteroatoms. The van der Waals surface area contributed by atoms with Gasteiger partial charge in [-0.15, -0.1) is 0 Å². The molecule has 0 spiro atoms. The Bertz CT molecular complexity index is 509. The van der Waals surface area contributed by atoms with Crippen molar-refractivity contribution in [2.24, 2.45) is 0 Å². The highest BCUT2D eigenvalue weighted by molar-refractivity contribution is 6.30. The minimum absolute atomic E-state index is 0.0977. The maximum atomic E-state index is 9.36. The average Bonchev–Trinajstić information content (AvgIpc) is 2.24. The summed E-state index contributed by atoms with van der Waals surface area (Å²) in [6.07, 6.45) is 0.675. The van der Waals surface area contributed by atoms with Crippen molar-refractivity contribution in [2.75, 3.05) is 0 Å². The summed E-state index contributed by atoms with van der Waals surface area (Å²) >= 11 is 5.88. The Morgan fingerprint density at radius 1 is 0.875 bits per heavy atom. The first-order chi connectivity index (χ1) is 7.65. The summed E-state index contributed by atoms with van der Waals surface area (Å²) in [5.41, 5.74) is 2.00. The van der Waals surface area contributed by atoms with E-state index >= 15 is 0 Å². The lowest BCUT2D eigenvalue weighted by molar-refractivity contribution is 0.403. The smallest absolute Gasteiger partial charge is 0.157 e. The first-order valence-electron chi connectivity index (χ1n) is 4.90. The van der Waals surface area contributed by atoms with Crippen LogP contribution in [-0.2, 0) is 6.42 Å². The lowest BCUT2D eigenvalue weighted by atomic mass is 10.0. The van der Waals surface area contributed by atoms with Crippen LogP contribution < -0.4 is 0 Å². The molecule has 0 bridgehead atoms. The number of halogens is 1. The summed E-state index contributed by atoms with van der Waals surface area (Å²) in [7, 11) is 0. The fourth-order valence-electron chi connectivity index (χ4n) is 1.56. The van der Waals surface area contributed by atoms with Crippen molar-refractivity contribution in [2.45, 2.75) is 6.42 Å². The zero-order valence-electron chi connectivity index (χ0n) is 8.52. The van der Waals surface area contributed by atoms with Gasteiger partial charge in [0.25, 0.3) is 0 Å². The van der Waals surface area contributed by atoms with Crippen LogP contribution in [0.5, 0.6) is 11.5 Å². The monoisotopic (exact) mass is 234 g/mol. The molecule has 0 amide bonds. The Balaban J connectivity index is 2.24. The molecular formula is C13H11ClO2. The predicted octanol–water partition coefficient (Wildman–Crippen LogP) is 3.34. The second-order valence-electron chi connectivity index (χ2n) is 3.63. The van der Waals surface area contributed by atoms with Crippen LogP contribution >= 0.6 is 11.6 Å². The molecule has 2 nitrogen and oxygen atoms in total. The van der Waals surface area contributed by atoms with E-state index in [0.29, 0.717) is 11.4 Å². The maximum absolute atomic E-state index is 9.36. The van der Waals surface area contributed by atoms with Gasteiger partial charge in [0.2, 0.25) is 0 Å². The Morgan fingerprint density at radius 3 is 2.31 bits per heavy atom. The number of benzene rings is 2. The van der Waals surface area contributed by atoms with E-state index in [-0.39, 0.29) is 11.5 Å². The highest BCUT2D eigenvalue weighted by atomic mass is 35.5. The first kappa shape index (κ1) is 10.8. The molecule has 2 aromatic carbocycles. The van der Waals surface area contributed by atoms with Gasteiger partial charge in [-0.25, -0.2) is 0 Å². The molecule has 2 aromatic rings. The van der Waals surface area contributed by atoms with E-state index in [1.807, 2.05) is 24.3 Å². The normalized spacial score (nSPS) is 10.3. The van der Waals surface area contributed by atoms with Crippen LogP contribution in [0.4, 0.5) is 0 Å². The van der Waals surface area contributed by atoms with Gasteiger partial charge in [0, 0.05) is 5.02 Å². The van der Waals surface area contributed by atoms with Gasteiger partial charge < -0.3 is 10.2 Å². The van der Waals surface area contributed by atoms with Gasteiger partial charge in [0.05, 0.1) is 0 Å². The minimum Gasteiger partial charge on any atom is -0.504 e. The Morgan fingerprint density at radius 2 is 1.62 bits per heavy atom. The molecule has 0 unspecified atom stereocenters. The van der Waals surface area contributed by atoms with E-state index in [0.717, 1.165) is 11.1 Å².